The van der Waals surface area contributed by atoms with Gasteiger partial charge in [0.2, 0.25) is 19.4 Å². The van der Waals surface area contributed by atoms with Crippen molar-refractivity contribution >= 4 is 23.2 Å². The second kappa shape index (κ2) is 10.7. The summed E-state index contributed by atoms with van der Waals surface area (Å²) in [5.74, 6) is -8.20. The number of nitrogens with two attached hydrogens (primary N) is 1. The number of fused-ring (bicyclic) bond motifs is 5. The predicted molar refractivity (Wildman–Crippen MR) is 173 cm³/mol. The molecule has 3 aliphatic carbocycles. The fourth-order valence-electron chi connectivity index (χ4n) is 8.42. The number of amides is 1. The molecule has 0 unspecified atom stereocenters. The summed E-state index contributed by atoms with van der Waals surface area (Å²) in [6.45, 7) is 1.64. The number of hydrogen-bond donors (Lipinski definition) is 6. The van der Waals surface area contributed by atoms with Gasteiger partial charge >= 0.3 is 0 Å². The van der Waals surface area contributed by atoms with Gasteiger partial charge in [-0.15, -0.1) is 0 Å². The molecule has 0 saturated heterocycles. The summed E-state index contributed by atoms with van der Waals surface area (Å²) in [5.41, 5.74) is 2.78. The van der Waals surface area contributed by atoms with E-state index in [1.807, 2.05) is 0 Å². The molecular formula is C36H32N2O12. The van der Waals surface area contributed by atoms with E-state index in [-0.39, 0.29) is 24.7 Å². The Kier molecular flexibility index (Phi) is 6.79. The van der Waals surface area contributed by atoms with Crippen molar-refractivity contribution in [2.24, 2.45) is 17.6 Å². The summed E-state index contributed by atoms with van der Waals surface area (Å²) in [7, 11) is 2.91. The smallest absolute Gasteiger partial charge is 0.255 e. The summed E-state index contributed by atoms with van der Waals surface area (Å²) in [6.07, 6.45) is -1.75. The molecule has 1 amide bonds. The Bertz CT molecular complexity index is 2140. The van der Waals surface area contributed by atoms with Gasteiger partial charge in [0.25, 0.3) is 5.91 Å². The normalized spacial score (nSPS) is 27.8. The van der Waals surface area contributed by atoms with Crippen molar-refractivity contribution < 1.29 is 58.9 Å². The van der Waals surface area contributed by atoms with Crippen LogP contribution in [-0.2, 0) is 14.4 Å². The third-order valence-electron chi connectivity index (χ3n) is 10.6. The first kappa shape index (κ1) is 31.7. The molecule has 6 atom stereocenters. The van der Waals surface area contributed by atoms with Gasteiger partial charge in [-0.2, -0.15) is 0 Å². The predicted octanol–water partition coefficient (Wildman–Crippen LogP) is 2.29. The fraction of sp³-hybridized carbons (Fsp3) is 0.306. The number of carbonyl (C=O) groups excluding carboxylic acids is 3. The number of benzene rings is 3. The van der Waals surface area contributed by atoms with Crippen LogP contribution >= 0.6 is 0 Å². The fourth-order valence-corrected chi connectivity index (χ4v) is 8.42. The highest BCUT2D eigenvalue weighted by Crippen LogP contribution is 2.59. The minimum Gasteiger partial charge on any atom is -0.508 e. The number of aliphatic hydroxyl groups excluding tert-OH is 3. The van der Waals surface area contributed by atoms with E-state index in [2.05, 4.69) is 0 Å². The van der Waals surface area contributed by atoms with Gasteiger partial charge in [0.05, 0.1) is 23.6 Å². The lowest BCUT2D eigenvalue weighted by molar-refractivity contribution is -0.169. The van der Waals surface area contributed by atoms with Gasteiger partial charge in [-0.05, 0) is 61.0 Å². The molecule has 2 heterocycles. The highest BCUT2D eigenvalue weighted by Gasteiger charge is 2.68. The maximum Gasteiger partial charge on any atom is 0.255 e. The van der Waals surface area contributed by atoms with E-state index in [0.717, 1.165) is 0 Å². The second-order valence-electron chi connectivity index (χ2n) is 13.3. The molecule has 1 saturated carbocycles. The SMILES string of the molecule is C[C@@H]1c2c(-c3ccc4c(c3)OCO4)cc(-c3cccc4c3OCO4)c(O)c2C(O)=C2C(=O)[C@@]3(O)C(O)=C(C(N)=O)C(=O)[C@H](N(C)C)[C@H]3[C@H](O)[C@H]21. The number of rotatable bonds is 4. The maximum absolute atomic E-state index is 14.6. The van der Waals surface area contributed by atoms with Gasteiger partial charge in [0.15, 0.2) is 34.4 Å². The van der Waals surface area contributed by atoms with Crippen LogP contribution in [0.5, 0.6) is 28.7 Å². The number of aromatic hydroxyl groups is 1. The molecule has 50 heavy (non-hydrogen) atoms. The zero-order valence-electron chi connectivity index (χ0n) is 27.0. The van der Waals surface area contributed by atoms with Crippen LogP contribution in [0.15, 0.2) is 59.4 Å². The van der Waals surface area contributed by atoms with Crippen molar-refractivity contribution in [3.05, 3.63) is 70.5 Å². The third-order valence-corrected chi connectivity index (χ3v) is 10.6. The van der Waals surface area contributed by atoms with Crippen molar-refractivity contribution in [3.8, 4) is 51.0 Å². The van der Waals surface area contributed by atoms with Crippen LogP contribution in [0, 0.1) is 11.8 Å². The summed E-state index contributed by atoms with van der Waals surface area (Å²) >= 11 is 0. The van der Waals surface area contributed by atoms with Gasteiger partial charge < -0.3 is 50.2 Å². The number of nitrogens with zero attached hydrogens (tertiary/aromatic N) is 1. The average Bonchev–Trinajstić information content (AvgIpc) is 3.76. The molecular weight excluding hydrogens is 652 g/mol. The third kappa shape index (κ3) is 3.97. The molecule has 3 aromatic carbocycles. The molecule has 5 aliphatic rings. The van der Waals surface area contributed by atoms with Gasteiger partial charge in [0, 0.05) is 22.6 Å². The number of hydrogen-bond acceptors (Lipinski definition) is 13. The number of aliphatic hydroxyl groups is 4. The van der Waals surface area contributed by atoms with E-state index in [1.54, 1.807) is 49.4 Å². The van der Waals surface area contributed by atoms with E-state index < -0.39 is 81.4 Å². The number of phenols is 1. The topological polar surface area (TPSA) is 219 Å². The Balaban J connectivity index is 1.43. The molecule has 14 nitrogen and oxygen atoms in total. The first-order valence-corrected chi connectivity index (χ1v) is 15.8. The lowest BCUT2D eigenvalue weighted by atomic mass is 9.54. The number of ether oxygens (including phenoxy) is 4. The van der Waals surface area contributed by atoms with E-state index in [4.69, 9.17) is 24.7 Å². The van der Waals surface area contributed by atoms with Gasteiger partial charge in [0.1, 0.15) is 22.8 Å². The standard InChI is InChI=1S/C36H32N2O12/c1-13-21-16(14-7-8-18-20(9-14)49-11-47-18)10-17(15-5-4-6-19-32(15)50-12-48-19)28(39)23(21)29(40)24-22(13)30(41)26-27(38(2)3)31(42)25(35(37)45)34(44)36(26,46)33(24)43/h4-10,13,22,26-27,30,39-41,44,46H,11-12H2,1-3H3,(H2,37,45)/t13-,22+,26+,27-,30-,36-/m1/s1. The maximum atomic E-state index is 14.6. The Morgan fingerprint density at radius 3 is 2.34 bits per heavy atom. The molecule has 0 spiro atoms. The molecule has 258 valence electrons. The van der Waals surface area contributed by atoms with Crippen LogP contribution < -0.4 is 24.7 Å². The van der Waals surface area contributed by atoms with Crippen molar-refractivity contribution in [1.29, 1.82) is 0 Å². The average molecular weight is 685 g/mol. The Labute approximate surface area is 284 Å². The largest absolute Gasteiger partial charge is 0.508 e. The van der Waals surface area contributed by atoms with E-state index in [1.165, 1.54) is 19.0 Å². The van der Waals surface area contributed by atoms with Crippen LogP contribution in [0.1, 0.15) is 24.0 Å². The van der Waals surface area contributed by atoms with Crippen LogP contribution in [0.3, 0.4) is 0 Å². The van der Waals surface area contributed by atoms with Crippen molar-refractivity contribution in [1.82, 2.24) is 4.90 Å². The quantitative estimate of drug-likeness (QED) is 0.218. The number of para-hydroxylation sites is 1. The second-order valence-corrected chi connectivity index (χ2v) is 13.3. The van der Waals surface area contributed by atoms with E-state index >= 15 is 0 Å². The Hall–Kier alpha value is -5.57. The van der Waals surface area contributed by atoms with E-state index in [9.17, 15) is 39.9 Å². The monoisotopic (exact) mass is 684 g/mol. The molecule has 14 heteroatoms. The van der Waals surface area contributed by atoms with Gasteiger partial charge in [-0.1, -0.05) is 25.1 Å². The zero-order chi connectivity index (χ0) is 35.5. The Morgan fingerprint density at radius 1 is 0.920 bits per heavy atom. The van der Waals surface area contributed by atoms with Crippen LogP contribution in [0.4, 0.5) is 0 Å². The Morgan fingerprint density at radius 2 is 1.62 bits per heavy atom. The first-order chi connectivity index (χ1) is 23.8. The summed E-state index contributed by atoms with van der Waals surface area (Å²) in [5, 5.41) is 59.7. The number of carbonyl (C=O) groups is 3. The molecule has 0 bridgehead atoms. The molecule has 0 radical (unpaired) electrons. The number of Topliss-reactive ketones (excluding diaryl/α,β-unsaturated/α-hetero) is 2. The molecule has 7 N–H and O–H groups in total. The van der Waals surface area contributed by atoms with Gasteiger partial charge in [-0.3, -0.25) is 19.3 Å². The lowest BCUT2D eigenvalue weighted by Crippen LogP contribution is -2.70. The number of primary amides is 1. The van der Waals surface area contributed by atoms with E-state index in [0.29, 0.717) is 45.3 Å². The summed E-state index contributed by atoms with van der Waals surface area (Å²) < 4.78 is 22.5. The minimum absolute atomic E-state index is 0.0136. The molecule has 0 aromatic heterocycles. The number of phenolic OH excluding ortho intramolecular Hbond substituents is 1. The highest BCUT2D eigenvalue weighted by molar-refractivity contribution is 6.24. The summed E-state index contributed by atoms with van der Waals surface area (Å²) in [4.78, 5) is 41.9. The van der Waals surface area contributed by atoms with Gasteiger partial charge in [-0.25, -0.2) is 0 Å². The minimum atomic E-state index is -3.04. The van der Waals surface area contributed by atoms with Crippen LogP contribution in [-0.4, -0.2) is 93.3 Å². The zero-order valence-corrected chi connectivity index (χ0v) is 27.0. The van der Waals surface area contributed by atoms with Crippen LogP contribution in [0.25, 0.3) is 28.0 Å². The van der Waals surface area contributed by atoms with Crippen LogP contribution in [0.2, 0.25) is 0 Å². The first-order valence-electron chi connectivity index (χ1n) is 15.8. The number of ketones is 2. The summed E-state index contributed by atoms with van der Waals surface area (Å²) in [6, 6.07) is 10.5. The van der Waals surface area contributed by atoms with Crippen molar-refractivity contribution in [2.45, 2.75) is 30.6 Å². The molecule has 8 rings (SSSR count). The molecule has 3 aromatic rings. The lowest BCUT2D eigenvalue weighted by Gasteiger charge is -2.54. The van der Waals surface area contributed by atoms with Crippen molar-refractivity contribution in [2.75, 3.05) is 27.7 Å². The number of likely N-dealkylation sites (N-methyl/N-ethyl adjacent to an activating group) is 1. The molecule has 1 fully saturated rings. The molecule has 2 aliphatic heterocycles. The van der Waals surface area contributed by atoms with Crippen molar-refractivity contribution in [3.63, 3.8) is 0 Å². The highest BCUT2D eigenvalue weighted by atomic mass is 16.7.